The maximum Gasteiger partial charge on any atom is 0.117 e. The molecule has 102 valence electrons. The highest BCUT2D eigenvalue weighted by molar-refractivity contribution is 5.05. The predicted molar refractivity (Wildman–Crippen MR) is 74.6 cm³/mol. The Balaban J connectivity index is 1.73. The van der Waals surface area contributed by atoms with E-state index in [1.807, 2.05) is 13.0 Å². The van der Waals surface area contributed by atoms with Crippen LogP contribution in [0.4, 0.5) is 0 Å². The monoisotopic (exact) mass is 250 g/mol. The SMILES string of the molecule is CCN1CCC(C(C)NCc2ccc(C)o2)CC1. The van der Waals surface area contributed by atoms with Crippen LogP contribution in [0.1, 0.15) is 38.2 Å². The zero-order valence-electron chi connectivity index (χ0n) is 11.9. The molecule has 1 aliphatic rings. The van der Waals surface area contributed by atoms with Crippen molar-refractivity contribution in [2.45, 2.75) is 46.2 Å². The standard InChI is InChI=1S/C15H26N2O/c1-4-17-9-7-14(8-10-17)13(3)16-11-15-6-5-12(2)18-15/h5-6,13-14,16H,4,7-11H2,1-3H3. The minimum atomic E-state index is 0.578. The Hall–Kier alpha value is -0.800. The number of likely N-dealkylation sites (tertiary alicyclic amines) is 1. The van der Waals surface area contributed by atoms with Crippen LogP contribution in [-0.4, -0.2) is 30.6 Å². The highest BCUT2D eigenvalue weighted by Gasteiger charge is 2.22. The Morgan fingerprint density at radius 1 is 1.39 bits per heavy atom. The summed E-state index contributed by atoms with van der Waals surface area (Å²) in [7, 11) is 0. The lowest BCUT2D eigenvalue weighted by molar-refractivity contribution is 0.167. The zero-order valence-corrected chi connectivity index (χ0v) is 11.9. The van der Waals surface area contributed by atoms with Gasteiger partial charge in [0.05, 0.1) is 6.54 Å². The molecule has 0 amide bonds. The summed E-state index contributed by atoms with van der Waals surface area (Å²) in [5, 5.41) is 3.60. The Labute approximate surface area is 111 Å². The number of hydrogen-bond donors (Lipinski definition) is 1. The highest BCUT2D eigenvalue weighted by atomic mass is 16.3. The summed E-state index contributed by atoms with van der Waals surface area (Å²) < 4.78 is 5.58. The maximum atomic E-state index is 5.58. The van der Waals surface area contributed by atoms with E-state index in [1.54, 1.807) is 0 Å². The molecule has 0 radical (unpaired) electrons. The first-order valence-electron chi connectivity index (χ1n) is 7.20. The van der Waals surface area contributed by atoms with E-state index in [-0.39, 0.29) is 0 Å². The first-order chi connectivity index (χ1) is 8.69. The van der Waals surface area contributed by atoms with E-state index in [0.29, 0.717) is 6.04 Å². The van der Waals surface area contributed by atoms with Crippen LogP contribution in [0.3, 0.4) is 0 Å². The summed E-state index contributed by atoms with van der Waals surface area (Å²) >= 11 is 0. The third-order valence-corrected chi connectivity index (χ3v) is 4.18. The van der Waals surface area contributed by atoms with Gasteiger partial charge in [-0.2, -0.15) is 0 Å². The van der Waals surface area contributed by atoms with Gasteiger partial charge in [-0.15, -0.1) is 0 Å². The van der Waals surface area contributed by atoms with E-state index >= 15 is 0 Å². The Kier molecular flexibility index (Phi) is 4.84. The van der Waals surface area contributed by atoms with Gasteiger partial charge in [0.15, 0.2) is 0 Å². The van der Waals surface area contributed by atoms with E-state index in [2.05, 4.69) is 30.1 Å². The van der Waals surface area contributed by atoms with Crippen LogP contribution in [0.5, 0.6) is 0 Å². The number of aryl methyl sites for hydroxylation is 1. The van der Waals surface area contributed by atoms with Crippen molar-refractivity contribution < 1.29 is 4.42 Å². The molecule has 0 saturated carbocycles. The average molecular weight is 250 g/mol. The van der Waals surface area contributed by atoms with Crippen LogP contribution in [0.15, 0.2) is 16.5 Å². The molecule has 1 aromatic heterocycles. The third-order valence-electron chi connectivity index (χ3n) is 4.18. The molecule has 1 saturated heterocycles. The van der Waals surface area contributed by atoms with Gasteiger partial charge in [0.2, 0.25) is 0 Å². The van der Waals surface area contributed by atoms with Gasteiger partial charge in [0.25, 0.3) is 0 Å². The Morgan fingerprint density at radius 2 is 2.11 bits per heavy atom. The predicted octanol–water partition coefficient (Wildman–Crippen LogP) is 2.80. The minimum absolute atomic E-state index is 0.578. The molecular weight excluding hydrogens is 224 g/mol. The van der Waals surface area contributed by atoms with Crippen molar-refractivity contribution in [1.82, 2.24) is 10.2 Å². The van der Waals surface area contributed by atoms with E-state index in [1.165, 1.54) is 32.5 Å². The number of nitrogens with one attached hydrogen (secondary N) is 1. The van der Waals surface area contributed by atoms with Crippen LogP contribution in [0.25, 0.3) is 0 Å². The summed E-state index contributed by atoms with van der Waals surface area (Å²) in [6.45, 7) is 11.1. The number of nitrogens with zero attached hydrogens (tertiary/aromatic N) is 1. The van der Waals surface area contributed by atoms with Crippen molar-refractivity contribution in [3.8, 4) is 0 Å². The Morgan fingerprint density at radius 3 is 2.67 bits per heavy atom. The highest BCUT2D eigenvalue weighted by Crippen LogP contribution is 2.20. The molecule has 0 bridgehead atoms. The minimum Gasteiger partial charge on any atom is -0.465 e. The fraction of sp³-hybridized carbons (Fsp3) is 0.733. The number of hydrogen-bond acceptors (Lipinski definition) is 3. The molecule has 1 atom stereocenters. The molecule has 18 heavy (non-hydrogen) atoms. The van der Waals surface area contributed by atoms with Crippen molar-refractivity contribution in [1.29, 1.82) is 0 Å². The van der Waals surface area contributed by atoms with Gasteiger partial charge in [-0.05, 0) is 64.4 Å². The summed E-state index contributed by atoms with van der Waals surface area (Å²) in [6.07, 6.45) is 2.64. The van der Waals surface area contributed by atoms with Crippen molar-refractivity contribution in [3.05, 3.63) is 23.7 Å². The van der Waals surface area contributed by atoms with Gasteiger partial charge in [-0.25, -0.2) is 0 Å². The Bertz CT molecular complexity index is 353. The second kappa shape index (κ2) is 6.39. The average Bonchev–Trinajstić information content (AvgIpc) is 2.82. The summed E-state index contributed by atoms with van der Waals surface area (Å²) in [5.41, 5.74) is 0. The lowest BCUT2D eigenvalue weighted by Gasteiger charge is -2.34. The first kappa shape index (κ1) is 13.6. The number of furan rings is 1. The van der Waals surface area contributed by atoms with Crippen molar-refractivity contribution in [3.63, 3.8) is 0 Å². The second-order valence-corrected chi connectivity index (χ2v) is 5.45. The maximum absolute atomic E-state index is 5.58. The van der Waals surface area contributed by atoms with Crippen molar-refractivity contribution in [2.24, 2.45) is 5.92 Å². The second-order valence-electron chi connectivity index (χ2n) is 5.45. The van der Waals surface area contributed by atoms with E-state index in [9.17, 15) is 0 Å². The fourth-order valence-electron chi connectivity index (χ4n) is 2.78. The molecule has 3 heteroatoms. The molecule has 1 aromatic rings. The van der Waals surface area contributed by atoms with Crippen LogP contribution in [-0.2, 0) is 6.54 Å². The van der Waals surface area contributed by atoms with Crippen LogP contribution >= 0.6 is 0 Å². The number of rotatable bonds is 5. The molecule has 0 spiro atoms. The van der Waals surface area contributed by atoms with Gasteiger partial charge >= 0.3 is 0 Å². The molecule has 3 nitrogen and oxygen atoms in total. The van der Waals surface area contributed by atoms with Crippen LogP contribution in [0, 0.1) is 12.8 Å². The number of piperidine rings is 1. The topological polar surface area (TPSA) is 28.4 Å². The zero-order chi connectivity index (χ0) is 13.0. The van der Waals surface area contributed by atoms with Gasteiger partial charge in [-0.1, -0.05) is 6.92 Å². The van der Waals surface area contributed by atoms with Crippen molar-refractivity contribution in [2.75, 3.05) is 19.6 Å². The van der Waals surface area contributed by atoms with Crippen molar-refractivity contribution >= 4 is 0 Å². The molecule has 0 aromatic carbocycles. The van der Waals surface area contributed by atoms with E-state index < -0.39 is 0 Å². The smallest absolute Gasteiger partial charge is 0.117 e. The lowest BCUT2D eigenvalue weighted by Crippen LogP contribution is -2.41. The summed E-state index contributed by atoms with van der Waals surface area (Å²) in [5.74, 6) is 2.85. The van der Waals surface area contributed by atoms with Crippen LogP contribution in [0.2, 0.25) is 0 Å². The first-order valence-corrected chi connectivity index (χ1v) is 7.20. The normalized spacial score (nSPS) is 20.2. The molecule has 1 unspecified atom stereocenters. The van der Waals surface area contributed by atoms with Crippen LogP contribution < -0.4 is 5.32 Å². The molecule has 2 rings (SSSR count). The van der Waals surface area contributed by atoms with Gasteiger partial charge in [0.1, 0.15) is 11.5 Å². The van der Waals surface area contributed by atoms with E-state index in [4.69, 9.17) is 4.42 Å². The lowest BCUT2D eigenvalue weighted by atomic mass is 9.90. The molecule has 1 N–H and O–H groups in total. The molecule has 1 fully saturated rings. The molecule has 2 heterocycles. The quantitative estimate of drug-likeness (QED) is 0.871. The van der Waals surface area contributed by atoms with E-state index in [0.717, 1.165) is 24.0 Å². The molecule has 0 aliphatic carbocycles. The largest absolute Gasteiger partial charge is 0.465 e. The summed E-state index contributed by atoms with van der Waals surface area (Å²) in [4.78, 5) is 2.54. The summed E-state index contributed by atoms with van der Waals surface area (Å²) in [6, 6.07) is 4.67. The third kappa shape index (κ3) is 3.59. The van der Waals surface area contributed by atoms with Gasteiger partial charge in [-0.3, -0.25) is 0 Å². The molecule has 1 aliphatic heterocycles. The molecular formula is C15H26N2O. The van der Waals surface area contributed by atoms with Gasteiger partial charge in [0, 0.05) is 6.04 Å². The van der Waals surface area contributed by atoms with Gasteiger partial charge < -0.3 is 14.6 Å². The fourth-order valence-corrected chi connectivity index (χ4v) is 2.78.